The minimum Gasteiger partial charge on any atom is -0.363 e. The monoisotopic (exact) mass is 343 g/mol. The van der Waals surface area contributed by atoms with Gasteiger partial charge in [0.25, 0.3) is 0 Å². The predicted octanol–water partition coefficient (Wildman–Crippen LogP) is 3.07. The van der Waals surface area contributed by atoms with Crippen LogP contribution in [0.15, 0.2) is 54.6 Å². The number of nitrogens with one attached hydrogen (secondary N) is 1. The van der Waals surface area contributed by atoms with Crippen molar-refractivity contribution in [1.29, 1.82) is 0 Å². The summed E-state index contributed by atoms with van der Waals surface area (Å²) >= 11 is 0. The standard InChI is InChI=1S/C20H26FN3O/c1-4-24(18-11-6-5-7-12-18)15-20(25)22-14-19(23(2)3)16-9-8-10-17(21)13-16/h5-13,19H,4,14-15H2,1-3H3,(H,22,25). The zero-order chi connectivity index (χ0) is 18.2. The van der Waals surface area contributed by atoms with Crippen molar-refractivity contribution in [3.05, 3.63) is 66.0 Å². The molecular weight excluding hydrogens is 317 g/mol. The summed E-state index contributed by atoms with van der Waals surface area (Å²) in [5.74, 6) is -0.314. The molecule has 2 aromatic carbocycles. The Morgan fingerprint density at radius 1 is 1.12 bits per heavy atom. The molecule has 1 unspecified atom stereocenters. The van der Waals surface area contributed by atoms with Gasteiger partial charge in [0, 0.05) is 18.8 Å². The first-order valence-corrected chi connectivity index (χ1v) is 8.49. The number of carbonyl (C=O) groups excluding carboxylic acids is 1. The lowest BCUT2D eigenvalue weighted by atomic mass is 10.1. The largest absolute Gasteiger partial charge is 0.363 e. The number of hydrogen-bond acceptors (Lipinski definition) is 3. The van der Waals surface area contributed by atoms with Crippen LogP contribution in [0.5, 0.6) is 0 Å². The van der Waals surface area contributed by atoms with E-state index in [0.717, 1.165) is 17.8 Å². The third kappa shape index (κ3) is 5.57. The first-order chi connectivity index (χ1) is 12.0. The summed E-state index contributed by atoms with van der Waals surface area (Å²) in [7, 11) is 3.84. The van der Waals surface area contributed by atoms with Gasteiger partial charge < -0.3 is 15.1 Å². The van der Waals surface area contributed by atoms with E-state index in [2.05, 4.69) is 5.32 Å². The second-order valence-corrected chi connectivity index (χ2v) is 6.19. The highest BCUT2D eigenvalue weighted by Crippen LogP contribution is 2.18. The van der Waals surface area contributed by atoms with Crippen LogP contribution in [-0.2, 0) is 4.79 Å². The Morgan fingerprint density at radius 2 is 1.84 bits per heavy atom. The van der Waals surface area contributed by atoms with Crippen LogP contribution in [0.4, 0.5) is 10.1 Å². The van der Waals surface area contributed by atoms with Gasteiger partial charge in [0.2, 0.25) is 5.91 Å². The molecule has 0 bridgehead atoms. The van der Waals surface area contributed by atoms with E-state index in [4.69, 9.17) is 0 Å². The molecule has 0 radical (unpaired) electrons. The average Bonchev–Trinajstić information content (AvgIpc) is 2.60. The smallest absolute Gasteiger partial charge is 0.239 e. The minimum atomic E-state index is -0.267. The molecule has 1 amide bonds. The fourth-order valence-corrected chi connectivity index (χ4v) is 2.78. The number of hydrogen-bond donors (Lipinski definition) is 1. The Balaban J connectivity index is 1.97. The van der Waals surface area contributed by atoms with Crippen LogP contribution in [-0.4, -0.2) is 44.5 Å². The van der Waals surface area contributed by atoms with E-state index in [1.54, 1.807) is 6.07 Å². The van der Waals surface area contributed by atoms with Crippen molar-refractivity contribution < 1.29 is 9.18 Å². The lowest BCUT2D eigenvalue weighted by molar-refractivity contribution is -0.120. The molecule has 1 N–H and O–H groups in total. The summed E-state index contributed by atoms with van der Waals surface area (Å²) in [6, 6.07) is 16.3. The quantitative estimate of drug-likeness (QED) is 0.800. The number of rotatable bonds is 8. The van der Waals surface area contributed by atoms with Gasteiger partial charge in [-0.3, -0.25) is 4.79 Å². The van der Waals surface area contributed by atoms with E-state index in [0.29, 0.717) is 13.1 Å². The summed E-state index contributed by atoms with van der Waals surface area (Å²) in [5, 5.41) is 2.97. The lowest BCUT2D eigenvalue weighted by Crippen LogP contribution is -2.41. The number of likely N-dealkylation sites (N-methyl/N-ethyl adjacent to an activating group) is 2. The maximum Gasteiger partial charge on any atom is 0.239 e. The second-order valence-electron chi connectivity index (χ2n) is 6.19. The number of amides is 1. The van der Waals surface area contributed by atoms with E-state index < -0.39 is 0 Å². The van der Waals surface area contributed by atoms with E-state index in [9.17, 15) is 9.18 Å². The van der Waals surface area contributed by atoms with Crippen LogP contribution in [0, 0.1) is 5.82 Å². The number of benzene rings is 2. The van der Waals surface area contributed by atoms with Gasteiger partial charge in [-0.05, 0) is 50.8 Å². The number of anilines is 1. The summed E-state index contributed by atoms with van der Waals surface area (Å²) in [4.78, 5) is 16.4. The first kappa shape index (κ1) is 18.9. The van der Waals surface area contributed by atoms with Gasteiger partial charge in [-0.15, -0.1) is 0 Å². The molecular formula is C20H26FN3O. The maximum absolute atomic E-state index is 13.5. The summed E-state index contributed by atoms with van der Waals surface area (Å²) < 4.78 is 13.5. The van der Waals surface area contributed by atoms with Crippen molar-refractivity contribution in [2.45, 2.75) is 13.0 Å². The SMILES string of the molecule is CCN(CC(=O)NCC(c1cccc(F)c1)N(C)C)c1ccccc1. The summed E-state index contributed by atoms with van der Waals surface area (Å²) in [5.41, 5.74) is 1.87. The Labute approximate surface area is 149 Å². The van der Waals surface area contributed by atoms with E-state index in [1.807, 2.05) is 67.2 Å². The van der Waals surface area contributed by atoms with Crippen molar-refractivity contribution in [3.63, 3.8) is 0 Å². The predicted molar refractivity (Wildman–Crippen MR) is 100 cm³/mol. The Hall–Kier alpha value is -2.40. The van der Waals surface area contributed by atoms with Crippen LogP contribution < -0.4 is 10.2 Å². The highest BCUT2D eigenvalue weighted by atomic mass is 19.1. The molecule has 1 atom stereocenters. The third-order valence-corrected chi connectivity index (χ3v) is 4.19. The van der Waals surface area contributed by atoms with Crippen LogP contribution >= 0.6 is 0 Å². The molecule has 0 fully saturated rings. The normalized spacial score (nSPS) is 12.0. The molecule has 0 saturated heterocycles. The maximum atomic E-state index is 13.5. The molecule has 2 aromatic rings. The summed E-state index contributed by atoms with van der Waals surface area (Å²) in [6.07, 6.45) is 0. The minimum absolute atomic E-state index is 0.0473. The Bertz CT molecular complexity index is 676. The third-order valence-electron chi connectivity index (χ3n) is 4.19. The van der Waals surface area contributed by atoms with Gasteiger partial charge in [-0.2, -0.15) is 0 Å². The molecule has 0 aliphatic carbocycles. The van der Waals surface area contributed by atoms with E-state index >= 15 is 0 Å². The topological polar surface area (TPSA) is 35.6 Å². The molecule has 4 nitrogen and oxygen atoms in total. The number of para-hydroxylation sites is 1. The fraction of sp³-hybridized carbons (Fsp3) is 0.350. The number of carbonyl (C=O) groups is 1. The highest BCUT2D eigenvalue weighted by molar-refractivity contribution is 5.81. The van der Waals surface area contributed by atoms with Gasteiger partial charge in [-0.25, -0.2) is 4.39 Å². The van der Waals surface area contributed by atoms with Gasteiger partial charge in [0.1, 0.15) is 5.82 Å². The zero-order valence-electron chi connectivity index (χ0n) is 15.1. The molecule has 0 aliphatic rings. The molecule has 0 aliphatic heterocycles. The molecule has 5 heteroatoms. The fourth-order valence-electron chi connectivity index (χ4n) is 2.78. The van der Waals surface area contributed by atoms with Crippen LogP contribution in [0.1, 0.15) is 18.5 Å². The van der Waals surface area contributed by atoms with Crippen molar-refractivity contribution in [2.24, 2.45) is 0 Å². The highest BCUT2D eigenvalue weighted by Gasteiger charge is 2.17. The van der Waals surface area contributed by atoms with E-state index in [-0.39, 0.29) is 17.8 Å². The van der Waals surface area contributed by atoms with Gasteiger partial charge >= 0.3 is 0 Å². The van der Waals surface area contributed by atoms with Crippen molar-refractivity contribution in [2.75, 3.05) is 38.6 Å². The van der Waals surface area contributed by atoms with Crippen molar-refractivity contribution in [3.8, 4) is 0 Å². The summed E-state index contributed by atoms with van der Waals surface area (Å²) in [6.45, 7) is 3.50. The zero-order valence-corrected chi connectivity index (χ0v) is 15.1. The molecule has 0 saturated carbocycles. The van der Waals surface area contributed by atoms with Gasteiger partial charge in [0.15, 0.2) is 0 Å². The number of nitrogens with zero attached hydrogens (tertiary/aromatic N) is 2. The van der Waals surface area contributed by atoms with Crippen molar-refractivity contribution in [1.82, 2.24) is 10.2 Å². The van der Waals surface area contributed by atoms with Crippen LogP contribution in [0.3, 0.4) is 0 Å². The Morgan fingerprint density at radius 3 is 2.44 bits per heavy atom. The van der Waals surface area contributed by atoms with Gasteiger partial charge in [0.05, 0.1) is 12.6 Å². The van der Waals surface area contributed by atoms with Crippen LogP contribution in [0.25, 0.3) is 0 Å². The Kier molecular flexibility index (Phi) is 6.95. The molecule has 0 aromatic heterocycles. The molecule has 2 rings (SSSR count). The van der Waals surface area contributed by atoms with Crippen LogP contribution in [0.2, 0.25) is 0 Å². The molecule has 25 heavy (non-hydrogen) atoms. The number of halogens is 1. The second kappa shape index (κ2) is 9.18. The van der Waals surface area contributed by atoms with E-state index in [1.165, 1.54) is 12.1 Å². The van der Waals surface area contributed by atoms with Gasteiger partial charge in [-0.1, -0.05) is 30.3 Å². The van der Waals surface area contributed by atoms with Crippen molar-refractivity contribution >= 4 is 11.6 Å². The lowest BCUT2D eigenvalue weighted by Gasteiger charge is -2.27. The molecule has 134 valence electrons. The average molecular weight is 343 g/mol. The first-order valence-electron chi connectivity index (χ1n) is 8.49. The molecule has 0 spiro atoms. The molecule has 0 heterocycles.